The molecule has 0 heterocycles. The maximum atomic E-state index is 14.6. The van der Waals surface area contributed by atoms with E-state index in [0.29, 0.717) is 180 Å². The first-order valence-electron chi connectivity index (χ1n) is 31.3. The van der Waals surface area contributed by atoms with Gasteiger partial charge in [0.15, 0.2) is 28.9 Å². The van der Waals surface area contributed by atoms with E-state index in [1.54, 1.807) is 0 Å². The third-order valence-electron chi connectivity index (χ3n) is 15.1. The highest BCUT2D eigenvalue weighted by molar-refractivity contribution is 5.99. The zero-order valence-electron chi connectivity index (χ0n) is 50.9. The summed E-state index contributed by atoms with van der Waals surface area (Å²) in [5.74, 6) is 1.12. The van der Waals surface area contributed by atoms with Crippen molar-refractivity contribution in [1.82, 2.24) is 0 Å². The van der Waals surface area contributed by atoms with E-state index < -0.39 is 5.97 Å². The highest BCUT2D eigenvalue weighted by Gasteiger charge is 2.28. The maximum absolute atomic E-state index is 14.6. The summed E-state index contributed by atoms with van der Waals surface area (Å²) in [6.07, 6.45) is 16.5. The number of aliphatic hydroxyl groups excluding tert-OH is 2. The molecule has 13 heteroatoms. The highest BCUT2D eigenvalue weighted by atomic mass is 16.5. The van der Waals surface area contributed by atoms with Crippen molar-refractivity contribution in [2.24, 2.45) is 0 Å². The number of rotatable bonds is 41. The number of fused-ring (bicyclic) bond motifs is 8. The molecular weight excluding hydrogens is 1060 g/mol. The van der Waals surface area contributed by atoms with E-state index in [9.17, 15) is 39.0 Å². The zero-order valence-corrected chi connectivity index (χ0v) is 50.9. The first kappa shape index (κ1) is 68.1. The van der Waals surface area contributed by atoms with Gasteiger partial charge >= 0.3 is 5.97 Å². The fraction of sp³-hybridized carbons (Fsp3) is 0.521. The summed E-state index contributed by atoms with van der Waals surface area (Å²) in [4.78, 5) is 82.9. The molecule has 0 fully saturated rings. The van der Waals surface area contributed by atoms with Crippen molar-refractivity contribution >= 4 is 34.9 Å². The van der Waals surface area contributed by atoms with Gasteiger partial charge in [0, 0.05) is 119 Å². The quantitative estimate of drug-likeness (QED) is 0.0163. The van der Waals surface area contributed by atoms with Crippen LogP contribution >= 0.6 is 0 Å². The molecule has 0 aromatic heterocycles. The van der Waals surface area contributed by atoms with Crippen LogP contribution in [-0.4, -0.2) is 91.3 Å². The fourth-order valence-corrected chi connectivity index (χ4v) is 10.6. The molecule has 13 nitrogen and oxygen atoms in total. The van der Waals surface area contributed by atoms with Crippen molar-refractivity contribution in [2.75, 3.05) is 46.2 Å². The molecule has 0 amide bonds. The average molecular weight is 1160 g/mol. The van der Waals surface area contributed by atoms with Crippen LogP contribution in [0.5, 0.6) is 23.0 Å². The summed E-state index contributed by atoms with van der Waals surface area (Å²) in [5, 5.41) is 20.3. The molecule has 0 unspecified atom stereocenters. The van der Waals surface area contributed by atoms with Gasteiger partial charge in [-0.1, -0.05) is 92.2 Å². The number of allylic oxidation sites excluding steroid dienone is 1. The summed E-state index contributed by atoms with van der Waals surface area (Å²) >= 11 is 0. The molecule has 456 valence electrons. The van der Waals surface area contributed by atoms with Crippen LogP contribution in [0.3, 0.4) is 0 Å². The van der Waals surface area contributed by atoms with Crippen molar-refractivity contribution in [3.63, 3.8) is 0 Å². The van der Waals surface area contributed by atoms with Gasteiger partial charge < -0.3 is 33.9 Å². The lowest BCUT2D eigenvalue weighted by Crippen LogP contribution is -2.14. The van der Waals surface area contributed by atoms with Gasteiger partial charge in [0.1, 0.15) is 23.0 Å². The Morgan fingerprint density at radius 2 is 0.643 bits per heavy atom. The first-order valence-corrected chi connectivity index (χ1v) is 31.3. The number of esters is 1. The number of unbranched alkanes of at least 4 members (excludes halogenated alkanes) is 9. The van der Waals surface area contributed by atoms with Gasteiger partial charge in [0.2, 0.25) is 0 Å². The van der Waals surface area contributed by atoms with Gasteiger partial charge in [-0.2, -0.15) is 0 Å². The molecule has 8 bridgehead atoms. The Morgan fingerprint density at radius 1 is 0.369 bits per heavy atom. The van der Waals surface area contributed by atoms with Gasteiger partial charge in [0.25, 0.3) is 0 Å². The molecule has 0 saturated carbocycles. The molecule has 4 aromatic carbocycles. The van der Waals surface area contributed by atoms with Gasteiger partial charge in [-0.3, -0.25) is 24.0 Å². The van der Waals surface area contributed by atoms with E-state index in [0.717, 1.165) is 57.4 Å². The Kier molecular flexibility index (Phi) is 30.5. The zero-order chi connectivity index (χ0) is 60.6. The van der Waals surface area contributed by atoms with E-state index in [1.807, 2.05) is 48.5 Å². The Hall–Kier alpha value is -6.70. The van der Waals surface area contributed by atoms with Crippen LogP contribution < -0.4 is 18.9 Å². The molecule has 0 atom stereocenters. The Balaban J connectivity index is 1.99. The van der Waals surface area contributed by atoms with Crippen LogP contribution in [0.2, 0.25) is 0 Å². The van der Waals surface area contributed by atoms with Gasteiger partial charge in [-0.15, -0.1) is 0 Å². The van der Waals surface area contributed by atoms with Crippen LogP contribution in [0.1, 0.15) is 255 Å². The van der Waals surface area contributed by atoms with Crippen molar-refractivity contribution < 1.29 is 62.7 Å². The van der Waals surface area contributed by atoms with Crippen LogP contribution in [0, 0.1) is 0 Å². The Morgan fingerprint density at radius 3 is 0.905 bits per heavy atom. The van der Waals surface area contributed by atoms with Crippen LogP contribution in [0.25, 0.3) is 0 Å². The van der Waals surface area contributed by atoms with E-state index in [-0.39, 0.29) is 101 Å². The summed E-state index contributed by atoms with van der Waals surface area (Å²) < 4.78 is 32.8. The number of carbonyl (C=O) groups excluding carboxylic acids is 6. The van der Waals surface area contributed by atoms with Crippen LogP contribution in [0.15, 0.2) is 73.8 Å². The molecule has 1 aliphatic rings. The molecule has 0 radical (unpaired) electrons. The largest absolute Gasteiger partial charge is 0.493 e. The van der Waals surface area contributed by atoms with Crippen LogP contribution in [0.4, 0.5) is 0 Å². The Labute approximate surface area is 499 Å². The normalized spacial score (nSPS) is 11.8. The molecule has 1 aliphatic carbocycles. The van der Waals surface area contributed by atoms with Gasteiger partial charge in [-0.05, 0) is 138 Å². The van der Waals surface area contributed by atoms with Crippen LogP contribution in [-0.2, 0) is 40.0 Å². The van der Waals surface area contributed by atoms with Gasteiger partial charge in [-0.25, -0.2) is 4.79 Å². The SMILES string of the molecule is C=CC(=O)CCCCOc1c2cc(C(=O)CCCCC)cc1Cc1cc(C(=O)CCCCC)cc(c1OCCCO)Cc1cc(C(=O)CCCCC)cc(c1OCCCOC(=O)C=C)Cc1cc(C(=O)CCCCC)cc(c1OCCCO)C2. The second-order valence-electron chi connectivity index (χ2n) is 22.1. The lowest BCUT2D eigenvalue weighted by Gasteiger charge is -2.25. The number of ether oxygens (including phenoxy) is 5. The lowest BCUT2D eigenvalue weighted by atomic mass is 9.86. The number of ketones is 5. The van der Waals surface area contributed by atoms with E-state index in [2.05, 4.69) is 40.9 Å². The summed E-state index contributed by atoms with van der Waals surface area (Å²) in [6.45, 7) is 15.9. The highest BCUT2D eigenvalue weighted by Crippen LogP contribution is 2.42. The maximum Gasteiger partial charge on any atom is 0.330 e. The predicted molar refractivity (Wildman–Crippen MR) is 331 cm³/mol. The standard InChI is InChI=1S/C71H94O13/c1-7-13-17-27-63(75)50-38-54-46-56-40-51(64(76)28-18-14-8-2)42-58(69(56)82-34-23-31-72)48-60-44-53(66(78)30-20-16-10-4)45-61(71(60)84-37-25-36-80-67(79)12-6)49-59-43-52(65(77)29-19-15-9-3)41-57(70(59)83-35-24-32-73)47-55(39-50)68(54)81-33-22-21-26-62(74)11-5/h11-12,38-45,72-73H,5-10,13-37,46-49H2,1-4H3. The van der Waals surface area contributed by atoms with Crippen molar-refractivity contribution in [3.8, 4) is 23.0 Å². The predicted octanol–water partition coefficient (Wildman–Crippen LogP) is 14.7. The third kappa shape index (κ3) is 21.4. The van der Waals surface area contributed by atoms with Crippen molar-refractivity contribution in [3.05, 3.63) is 141 Å². The summed E-state index contributed by atoms with van der Waals surface area (Å²) in [5.41, 5.74) is 7.05. The molecular formula is C71H94O13. The monoisotopic (exact) mass is 1150 g/mol. The van der Waals surface area contributed by atoms with Gasteiger partial charge in [0.05, 0.1) is 33.0 Å². The van der Waals surface area contributed by atoms with E-state index in [1.165, 1.54) is 6.08 Å². The van der Waals surface area contributed by atoms with E-state index >= 15 is 0 Å². The fourth-order valence-electron chi connectivity index (χ4n) is 10.6. The number of aliphatic hydroxyl groups is 2. The molecule has 84 heavy (non-hydrogen) atoms. The number of hydrogen-bond acceptors (Lipinski definition) is 13. The minimum absolute atomic E-state index is 0.0420. The topological polar surface area (TPSA) is 189 Å². The summed E-state index contributed by atoms with van der Waals surface area (Å²) in [7, 11) is 0. The van der Waals surface area contributed by atoms with Crippen molar-refractivity contribution in [2.45, 2.75) is 195 Å². The molecule has 0 aliphatic heterocycles. The Bertz CT molecular complexity index is 2550. The van der Waals surface area contributed by atoms with Crippen molar-refractivity contribution in [1.29, 1.82) is 0 Å². The summed E-state index contributed by atoms with van der Waals surface area (Å²) in [6, 6.07) is 15.0. The third-order valence-corrected chi connectivity index (χ3v) is 15.1. The number of benzene rings is 4. The molecule has 0 saturated heterocycles. The van der Waals surface area contributed by atoms with E-state index in [4.69, 9.17) is 23.7 Å². The second kappa shape index (κ2) is 37.6. The number of Topliss-reactive ketones (excluding diaryl/α,β-unsaturated/α-hetero) is 4. The smallest absolute Gasteiger partial charge is 0.330 e. The molecule has 2 N–H and O–H groups in total. The number of hydrogen-bond donors (Lipinski definition) is 2. The molecule has 5 rings (SSSR count). The second-order valence-corrected chi connectivity index (χ2v) is 22.1. The molecule has 4 aromatic rings. The number of carbonyl (C=O) groups is 6. The minimum atomic E-state index is -0.561. The first-order chi connectivity index (χ1) is 40.8. The lowest BCUT2D eigenvalue weighted by molar-refractivity contribution is -0.138. The average Bonchev–Trinajstić information content (AvgIpc) is 2.08. The molecule has 0 spiro atoms. The minimum Gasteiger partial charge on any atom is -0.493 e.